The summed E-state index contributed by atoms with van der Waals surface area (Å²) in [5, 5.41) is 0. The van der Waals surface area contributed by atoms with Crippen molar-refractivity contribution in [3.8, 4) is 5.75 Å². The molecule has 1 aromatic rings. The van der Waals surface area contributed by atoms with Gasteiger partial charge in [-0.05, 0) is 36.6 Å². The molecule has 0 bridgehead atoms. The summed E-state index contributed by atoms with van der Waals surface area (Å²) < 4.78 is 5.40. The molecule has 62 valence electrons. The normalized spacial score (nSPS) is 13.1. The first kappa shape index (κ1) is 7.41. The fourth-order valence-corrected chi connectivity index (χ4v) is 1.48. The van der Waals surface area contributed by atoms with Gasteiger partial charge >= 0.3 is 0 Å². The maximum atomic E-state index is 5.40. The minimum atomic E-state index is 0.739. The highest BCUT2D eigenvalue weighted by molar-refractivity contribution is 5.61. The molecule has 0 amide bonds. The highest BCUT2D eigenvalue weighted by Crippen LogP contribution is 2.24. The Morgan fingerprint density at radius 1 is 1.42 bits per heavy atom. The lowest BCUT2D eigenvalue weighted by atomic mass is 10.1. The van der Waals surface area contributed by atoms with Crippen molar-refractivity contribution >= 4 is 6.08 Å². The molecule has 0 saturated carbocycles. The van der Waals surface area contributed by atoms with Gasteiger partial charge in [0.1, 0.15) is 5.75 Å². The van der Waals surface area contributed by atoms with Gasteiger partial charge in [0.15, 0.2) is 0 Å². The topological polar surface area (TPSA) is 9.23 Å². The van der Waals surface area contributed by atoms with Crippen LogP contribution in [0.2, 0.25) is 0 Å². The number of hydrogen-bond donors (Lipinski definition) is 0. The highest BCUT2D eigenvalue weighted by atomic mass is 16.5. The molecule has 1 aromatic carbocycles. The largest absolute Gasteiger partial charge is 0.494 e. The van der Waals surface area contributed by atoms with E-state index in [4.69, 9.17) is 4.74 Å². The van der Waals surface area contributed by atoms with E-state index in [1.54, 1.807) is 0 Å². The summed E-state index contributed by atoms with van der Waals surface area (Å²) in [5.41, 5.74) is 2.71. The molecule has 0 atom stereocenters. The number of rotatable bonds is 2. The van der Waals surface area contributed by atoms with Crippen molar-refractivity contribution in [2.24, 2.45) is 0 Å². The molecular formula is C11H12O. The van der Waals surface area contributed by atoms with Gasteiger partial charge in [0.2, 0.25) is 0 Å². The van der Waals surface area contributed by atoms with Gasteiger partial charge < -0.3 is 4.74 Å². The summed E-state index contributed by atoms with van der Waals surface area (Å²) in [6.45, 7) is 2.74. The van der Waals surface area contributed by atoms with E-state index in [9.17, 15) is 0 Å². The van der Waals surface area contributed by atoms with Gasteiger partial charge in [-0.2, -0.15) is 0 Å². The van der Waals surface area contributed by atoms with Crippen molar-refractivity contribution in [1.29, 1.82) is 0 Å². The molecule has 1 nitrogen and oxygen atoms in total. The SMILES string of the molecule is CCOc1ccc2c(c1)C=CC2. The quantitative estimate of drug-likeness (QED) is 0.646. The zero-order valence-electron chi connectivity index (χ0n) is 7.21. The number of hydrogen-bond acceptors (Lipinski definition) is 1. The fraction of sp³-hybridized carbons (Fsp3) is 0.273. The lowest BCUT2D eigenvalue weighted by Crippen LogP contribution is -1.92. The standard InChI is InChI=1S/C11H12O/c1-2-12-11-7-6-9-4-3-5-10(9)8-11/h3,5-8H,2,4H2,1H3. The van der Waals surface area contributed by atoms with Crippen LogP contribution in [-0.4, -0.2) is 6.61 Å². The molecule has 0 saturated heterocycles. The average Bonchev–Trinajstić information content (AvgIpc) is 2.51. The predicted octanol–water partition coefficient (Wildman–Crippen LogP) is 2.65. The first-order valence-electron chi connectivity index (χ1n) is 4.32. The van der Waals surface area contributed by atoms with Crippen molar-refractivity contribution in [1.82, 2.24) is 0 Å². The summed E-state index contributed by atoms with van der Waals surface area (Å²) in [6.07, 6.45) is 5.40. The molecule has 0 aromatic heterocycles. The number of allylic oxidation sites excluding steroid dienone is 1. The van der Waals surface area contributed by atoms with Crippen LogP contribution in [0.4, 0.5) is 0 Å². The van der Waals surface area contributed by atoms with Crippen LogP contribution in [0.1, 0.15) is 18.1 Å². The smallest absolute Gasteiger partial charge is 0.119 e. The van der Waals surface area contributed by atoms with Gasteiger partial charge in [0, 0.05) is 0 Å². The molecule has 1 heteroatoms. The second-order valence-corrected chi connectivity index (χ2v) is 2.90. The van der Waals surface area contributed by atoms with E-state index in [1.165, 1.54) is 11.1 Å². The Morgan fingerprint density at radius 2 is 2.33 bits per heavy atom. The van der Waals surface area contributed by atoms with Gasteiger partial charge in [-0.3, -0.25) is 0 Å². The minimum absolute atomic E-state index is 0.739. The summed E-state index contributed by atoms with van der Waals surface area (Å²) in [6, 6.07) is 6.28. The maximum absolute atomic E-state index is 5.40. The molecule has 12 heavy (non-hydrogen) atoms. The summed E-state index contributed by atoms with van der Waals surface area (Å²) in [7, 11) is 0. The minimum Gasteiger partial charge on any atom is -0.494 e. The van der Waals surface area contributed by atoms with Crippen LogP contribution >= 0.6 is 0 Å². The Hall–Kier alpha value is -1.24. The Bertz CT molecular complexity index is 313. The van der Waals surface area contributed by atoms with E-state index >= 15 is 0 Å². The van der Waals surface area contributed by atoms with E-state index in [-0.39, 0.29) is 0 Å². The molecule has 0 fully saturated rings. The second kappa shape index (κ2) is 3.02. The molecule has 0 heterocycles. The van der Waals surface area contributed by atoms with Gasteiger partial charge in [0.25, 0.3) is 0 Å². The Kier molecular flexibility index (Phi) is 1.86. The fourth-order valence-electron chi connectivity index (χ4n) is 1.48. The van der Waals surface area contributed by atoms with Crippen molar-refractivity contribution in [2.45, 2.75) is 13.3 Å². The Balaban J connectivity index is 2.31. The van der Waals surface area contributed by atoms with E-state index in [1.807, 2.05) is 13.0 Å². The van der Waals surface area contributed by atoms with Crippen molar-refractivity contribution in [3.63, 3.8) is 0 Å². The third kappa shape index (κ3) is 1.22. The second-order valence-electron chi connectivity index (χ2n) is 2.90. The van der Waals surface area contributed by atoms with E-state index in [2.05, 4.69) is 24.3 Å². The van der Waals surface area contributed by atoms with Crippen LogP contribution in [0.3, 0.4) is 0 Å². The van der Waals surface area contributed by atoms with Crippen LogP contribution in [0, 0.1) is 0 Å². The number of ether oxygens (including phenoxy) is 1. The average molecular weight is 160 g/mol. The summed E-state index contributed by atoms with van der Waals surface area (Å²) in [5.74, 6) is 0.975. The van der Waals surface area contributed by atoms with Crippen LogP contribution in [-0.2, 0) is 6.42 Å². The van der Waals surface area contributed by atoms with Crippen molar-refractivity contribution < 1.29 is 4.74 Å². The zero-order chi connectivity index (χ0) is 8.39. The first-order chi connectivity index (χ1) is 5.90. The van der Waals surface area contributed by atoms with Crippen LogP contribution < -0.4 is 4.74 Å². The molecule has 0 aliphatic heterocycles. The summed E-state index contributed by atoms with van der Waals surface area (Å²) >= 11 is 0. The Labute approximate surface area is 72.7 Å². The van der Waals surface area contributed by atoms with Gasteiger partial charge in [-0.1, -0.05) is 18.2 Å². The monoisotopic (exact) mass is 160 g/mol. The van der Waals surface area contributed by atoms with Crippen molar-refractivity contribution in [3.05, 3.63) is 35.4 Å². The molecular weight excluding hydrogens is 148 g/mol. The third-order valence-electron chi connectivity index (χ3n) is 2.06. The molecule has 0 radical (unpaired) electrons. The lowest BCUT2D eigenvalue weighted by molar-refractivity contribution is 0.340. The van der Waals surface area contributed by atoms with E-state index in [0.29, 0.717) is 0 Å². The van der Waals surface area contributed by atoms with Gasteiger partial charge in [0.05, 0.1) is 6.61 Å². The van der Waals surface area contributed by atoms with Gasteiger partial charge in [-0.15, -0.1) is 0 Å². The van der Waals surface area contributed by atoms with Crippen LogP contribution in [0.15, 0.2) is 24.3 Å². The number of fused-ring (bicyclic) bond motifs is 1. The van der Waals surface area contributed by atoms with Gasteiger partial charge in [-0.25, -0.2) is 0 Å². The maximum Gasteiger partial charge on any atom is 0.119 e. The third-order valence-corrected chi connectivity index (χ3v) is 2.06. The first-order valence-corrected chi connectivity index (χ1v) is 4.32. The molecule has 1 aliphatic rings. The molecule has 2 rings (SSSR count). The molecule has 0 spiro atoms. The van der Waals surface area contributed by atoms with Crippen molar-refractivity contribution in [2.75, 3.05) is 6.61 Å². The number of benzene rings is 1. The highest BCUT2D eigenvalue weighted by Gasteiger charge is 2.04. The zero-order valence-corrected chi connectivity index (χ0v) is 7.21. The lowest BCUT2D eigenvalue weighted by Gasteiger charge is -2.04. The molecule has 1 aliphatic carbocycles. The summed E-state index contributed by atoms with van der Waals surface area (Å²) in [4.78, 5) is 0. The van der Waals surface area contributed by atoms with E-state index < -0.39 is 0 Å². The molecule has 0 unspecified atom stereocenters. The molecule has 0 N–H and O–H groups in total. The Morgan fingerprint density at radius 3 is 3.17 bits per heavy atom. The van der Waals surface area contributed by atoms with E-state index in [0.717, 1.165) is 18.8 Å². The van der Waals surface area contributed by atoms with Crippen LogP contribution in [0.5, 0.6) is 5.75 Å². The van der Waals surface area contributed by atoms with Crippen LogP contribution in [0.25, 0.3) is 6.08 Å². The predicted molar refractivity (Wildman–Crippen MR) is 50.3 cm³/mol.